The number of hydrogen-bond acceptors (Lipinski definition) is 6. The van der Waals surface area contributed by atoms with Crippen LogP contribution < -0.4 is 5.32 Å². The average Bonchev–Trinajstić information content (AvgIpc) is 3.17. The molecule has 114 valence electrons. The van der Waals surface area contributed by atoms with E-state index in [1.807, 2.05) is 43.5 Å². The highest BCUT2D eigenvalue weighted by atomic mass is 32.1. The first-order valence-corrected chi connectivity index (χ1v) is 7.98. The Bertz CT molecular complexity index is 733. The Morgan fingerprint density at radius 3 is 2.59 bits per heavy atom. The van der Waals surface area contributed by atoms with Gasteiger partial charge in [-0.2, -0.15) is 4.37 Å². The van der Waals surface area contributed by atoms with Crippen molar-refractivity contribution in [2.45, 2.75) is 32.7 Å². The van der Waals surface area contributed by atoms with Crippen LogP contribution in [0.4, 0.5) is 5.13 Å². The van der Waals surface area contributed by atoms with Crippen LogP contribution in [0.3, 0.4) is 0 Å². The van der Waals surface area contributed by atoms with E-state index < -0.39 is 0 Å². The van der Waals surface area contributed by atoms with Gasteiger partial charge in [0.1, 0.15) is 11.5 Å². The van der Waals surface area contributed by atoms with Gasteiger partial charge in [0.25, 0.3) is 0 Å². The molecular weight excluding hydrogens is 296 g/mol. The molecule has 1 atom stereocenters. The maximum absolute atomic E-state index is 4.48. The minimum atomic E-state index is 0.0189. The molecule has 0 aliphatic heterocycles. The van der Waals surface area contributed by atoms with Crippen LogP contribution in [-0.4, -0.2) is 24.4 Å². The van der Waals surface area contributed by atoms with E-state index in [1.165, 1.54) is 11.5 Å². The van der Waals surface area contributed by atoms with Crippen LogP contribution >= 0.6 is 11.5 Å². The SMILES string of the molecule is CC(C)c1nsc(NC(C)c2cn(-c3ccccc3)nn2)n1. The van der Waals surface area contributed by atoms with Crippen LogP contribution in [0, 0.1) is 0 Å². The highest BCUT2D eigenvalue weighted by molar-refractivity contribution is 7.09. The maximum atomic E-state index is 4.48. The lowest BCUT2D eigenvalue weighted by atomic mass is 10.2. The van der Waals surface area contributed by atoms with Crippen molar-refractivity contribution in [3.05, 3.63) is 48.0 Å². The fourth-order valence-electron chi connectivity index (χ4n) is 1.97. The van der Waals surface area contributed by atoms with Crippen LogP contribution in [0.15, 0.2) is 36.5 Å². The summed E-state index contributed by atoms with van der Waals surface area (Å²) in [5.74, 6) is 1.20. The summed E-state index contributed by atoms with van der Waals surface area (Å²) in [6.45, 7) is 6.21. The van der Waals surface area contributed by atoms with Crippen molar-refractivity contribution in [3.63, 3.8) is 0 Å². The second-order valence-corrected chi connectivity index (χ2v) is 6.15. The Morgan fingerprint density at radius 1 is 1.14 bits per heavy atom. The number of anilines is 1. The predicted molar refractivity (Wildman–Crippen MR) is 87.4 cm³/mol. The molecule has 1 N–H and O–H groups in total. The summed E-state index contributed by atoms with van der Waals surface area (Å²) in [4.78, 5) is 4.48. The van der Waals surface area contributed by atoms with Gasteiger partial charge in [0.05, 0.1) is 17.9 Å². The molecule has 0 saturated heterocycles. The van der Waals surface area contributed by atoms with Crippen molar-refractivity contribution in [1.29, 1.82) is 0 Å². The van der Waals surface area contributed by atoms with Crippen LogP contribution in [0.25, 0.3) is 5.69 Å². The van der Waals surface area contributed by atoms with Crippen molar-refractivity contribution in [1.82, 2.24) is 24.4 Å². The third-order valence-electron chi connectivity index (χ3n) is 3.27. The first-order chi connectivity index (χ1) is 10.6. The van der Waals surface area contributed by atoms with E-state index in [0.717, 1.165) is 22.3 Å². The highest BCUT2D eigenvalue weighted by Crippen LogP contribution is 2.22. The summed E-state index contributed by atoms with van der Waals surface area (Å²) in [5, 5.41) is 12.6. The van der Waals surface area contributed by atoms with Gasteiger partial charge < -0.3 is 5.32 Å². The van der Waals surface area contributed by atoms with E-state index in [2.05, 4.69) is 38.8 Å². The van der Waals surface area contributed by atoms with Crippen molar-refractivity contribution in [2.24, 2.45) is 0 Å². The molecule has 0 saturated carbocycles. The quantitative estimate of drug-likeness (QED) is 0.781. The van der Waals surface area contributed by atoms with Crippen molar-refractivity contribution >= 4 is 16.7 Å². The molecule has 7 heteroatoms. The smallest absolute Gasteiger partial charge is 0.203 e. The molecule has 0 amide bonds. The topological polar surface area (TPSA) is 68.5 Å². The van der Waals surface area contributed by atoms with Crippen molar-refractivity contribution < 1.29 is 0 Å². The van der Waals surface area contributed by atoms with Crippen LogP contribution in [-0.2, 0) is 0 Å². The molecule has 0 radical (unpaired) electrons. The number of rotatable bonds is 5. The van der Waals surface area contributed by atoms with Gasteiger partial charge in [-0.25, -0.2) is 9.67 Å². The molecule has 22 heavy (non-hydrogen) atoms. The Kier molecular flexibility index (Phi) is 4.15. The first-order valence-electron chi connectivity index (χ1n) is 7.21. The zero-order chi connectivity index (χ0) is 15.5. The van der Waals surface area contributed by atoms with Gasteiger partial charge in [0.15, 0.2) is 0 Å². The molecular formula is C15H18N6S. The molecule has 6 nitrogen and oxygen atoms in total. The molecule has 2 heterocycles. The largest absolute Gasteiger partial charge is 0.352 e. The third-order valence-corrected chi connectivity index (χ3v) is 3.93. The van der Waals surface area contributed by atoms with Gasteiger partial charge in [-0.15, -0.1) is 5.10 Å². The third kappa shape index (κ3) is 3.14. The number of hydrogen-bond donors (Lipinski definition) is 1. The van der Waals surface area contributed by atoms with Gasteiger partial charge in [-0.05, 0) is 19.1 Å². The Balaban J connectivity index is 1.72. The second-order valence-electron chi connectivity index (χ2n) is 5.40. The molecule has 2 aromatic heterocycles. The van der Waals surface area contributed by atoms with Gasteiger partial charge >= 0.3 is 0 Å². The lowest BCUT2D eigenvalue weighted by Crippen LogP contribution is -2.07. The standard InChI is InChI=1S/C15H18N6S/c1-10(2)14-17-15(22-19-14)16-11(3)13-9-21(20-18-13)12-7-5-4-6-8-12/h4-11H,1-3H3,(H,16,17,19). The lowest BCUT2D eigenvalue weighted by Gasteiger charge is -2.08. The molecule has 0 aliphatic rings. The van der Waals surface area contributed by atoms with E-state index >= 15 is 0 Å². The van der Waals surface area contributed by atoms with Gasteiger partial charge in [-0.3, -0.25) is 0 Å². The van der Waals surface area contributed by atoms with Crippen LogP contribution in [0.1, 0.15) is 44.2 Å². The van der Waals surface area contributed by atoms with Crippen LogP contribution in [0.5, 0.6) is 0 Å². The predicted octanol–water partition coefficient (Wildman–Crippen LogP) is 3.42. The minimum Gasteiger partial charge on any atom is -0.352 e. The van der Waals surface area contributed by atoms with Gasteiger partial charge in [0.2, 0.25) is 5.13 Å². The first kappa shape index (κ1) is 14.6. The molecule has 0 bridgehead atoms. The fraction of sp³-hybridized carbons (Fsp3) is 0.333. The summed E-state index contributed by atoms with van der Waals surface area (Å²) in [6, 6.07) is 9.95. The molecule has 3 aromatic rings. The van der Waals surface area contributed by atoms with Crippen molar-refractivity contribution in [2.75, 3.05) is 5.32 Å². The number of nitrogens with one attached hydrogen (secondary N) is 1. The lowest BCUT2D eigenvalue weighted by molar-refractivity contribution is 0.776. The summed E-state index contributed by atoms with van der Waals surface area (Å²) in [7, 11) is 0. The molecule has 0 aliphatic carbocycles. The van der Waals surface area contributed by atoms with Crippen LogP contribution in [0.2, 0.25) is 0 Å². The summed E-state index contributed by atoms with van der Waals surface area (Å²) >= 11 is 1.38. The fourth-order valence-corrected chi connectivity index (χ4v) is 2.76. The van der Waals surface area contributed by atoms with E-state index in [4.69, 9.17) is 0 Å². The molecule has 3 rings (SSSR count). The van der Waals surface area contributed by atoms with E-state index in [9.17, 15) is 0 Å². The van der Waals surface area contributed by atoms with Gasteiger partial charge in [0, 0.05) is 17.5 Å². The van der Waals surface area contributed by atoms with E-state index in [-0.39, 0.29) is 6.04 Å². The average molecular weight is 314 g/mol. The number of benzene rings is 1. The summed E-state index contributed by atoms with van der Waals surface area (Å²) in [5.41, 5.74) is 1.86. The minimum absolute atomic E-state index is 0.0189. The second kappa shape index (κ2) is 6.23. The number of aromatic nitrogens is 5. The summed E-state index contributed by atoms with van der Waals surface area (Å²) in [6.07, 6.45) is 1.93. The zero-order valence-electron chi connectivity index (χ0n) is 12.8. The van der Waals surface area contributed by atoms with E-state index in [1.54, 1.807) is 4.68 Å². The van der Waals surface area contributed by atoms with E-state index in [0.29, 0.717) is 5.92 Å². The molecule has 0 fully saturated rings. The number of nitrogens with zero attached hydrogens (tertiary/aromatic N) is 5. The maximum Gasteiger partial charge on any atom is 0.203 e. The highest BCUT2D eigenvalue weighted by Gasteiger charge is 2.14. The monoisotopic (exact) mass is 314 g/mol. The molecule has 1 aromatic carbocycles. The normalized spacial score (nSPS) is 12.5. The molecule has 1 unspecified atom stereocenters. The Hall–Kier alpha value is -2.28. The Morgan fingerprint density at radius 2 is 1.91 bits per heavy atom. The zero-order valence-corrected chi connectivity index (χ0v) is 13.6. The van der Waals surface area contributed by atoms with Gasteiger partial charge in [-0.1, -0.05) is 37.3 Å². The molecule has 0 spiro atoms. The Labute approximate surface area is 133 Å². The number of para-hydroxylation sites is 1. The van der Waals surface area contributed by atoms with Crippen molar-refractivity contribution in [3.8, 4) is 5.69 Å². The summed E-state index contributed by atoms with van der Waals surface area (Å²) < 4.78 is 6.11.